The number of halogens is 1. The summed E-state index contributed by atoms with van der Waals surface area (Å²) in [5, 5.41) is 3.11. The summed E-state index contributed by atoms with van der Waals surface area (Å²) in [6.07, 6.45) is 2.38. The Balaban J connectivity index is 1.95. The fraction of sp³-hybridized carbons (Fsp3) is 0.227. The molecule has 6 nitrogen and oxygen atoms in total. The van der Waals surface area contributed by atoms with E-state index in [1.807, 2.05) is 13.8 Å². The lowest BCUT2D eigenvalue weighted by atomic mass is 10.1. The highest BCUT2D eigenvalue weighted by molar-refractivity contribution is 7.80. The van der Waals surface area contributed by atoms with Crippen molar-refractivity contribution in [3.8, 4) is 11.5 Å². The maximum absolute atomic E-state index is 13.1. The molecule has 2 aromatic rings. The number of nitrogens with zero attached hydrogens (tertiary/aromatic N) is 1. The first kappa shape index (κ1) is 21.8. The van der Waals surface area contributed by atoms with Crippen LogP contribution in [0.5, 0.6) is 11.5 Å². The Labute approximate surface area is 185 Å². The summed E-state index contributed by atoms with van der Waals surface area (Å²) in [5.41, 5.74) is 1.10. The Bertz CT molecular complexity index is 1000. The summed E-state index contributed by atoms with van der Waals surface area (Å²) in [6.45, 7) is 4.91. The lowest BCUT2D eigenvalue weighted by Gasteiger charge is -2.29. The number of nitrogens with one attached hydrogen (secondary N) is 1. The molecule has 0 radical (unpaired) electrons. The first-order valence-electron chi connectivity index (χ1n) is 9.51. The van der Waals surface area contributed by atoms with Gasteiger partial charge in [-0.1, -0.05) is 24.6 Å². The zero-order valence-electron chi connectivity index (χ0n) is 16.6. The quantitative estimate of drug-likeness (QED) is 0.390. The third kappa shape index (κ3) is 4.80. The molecule has 8 heteroatoms. The largest absolute Gasteiger partial charge is 0.490 e. The second-order valence-corrected chi connectivity index (χ2v) is 7.25. The summed E-state index contributed by atoms with van der Waals surface area (Å²) in [7, 11) is 0. The van der Waals surface area contributed by atoms with Crippen molar-refractivity contribution in [1.82, 2.24) is 5.32 Å². The number of rotatable bonds is 7. The second kappa shape index (κ2) is 9.73. The zero-order valence-corrected chi connectivity index (χ0v) is 18.2. The topological polar surface area (TPSA) is 67.9 Å². The lowest BCUT2D eigenvalue weighted by molar-refractivity contribution is -0.122. The Morgan fingerprint density at radius 2 is 1.80 bits per heavy atom. The van der Waals surface area contributed by atoms with Crippen LogP contribution in [0.25, 0.3) is 6.08 Å². The molecule has 1 heterocycles. The number of carbonyl (C=O) groups excluding carboxylic acids is 2. The van der Waals surface area contributed by atoms with Crippen LogP contribution < -0.4 is 19.7 Å². The monoisotopic (exact) mass is 444 g/mol. The fourth-order valence-electron chi connectivity index (χ4n) is 2.86. The number of carbonyl (C=O) groups is 2. The molecule has 1 saturated heterocycles. The van der Waals surface area contributed by atoms with E-state index in [9.17, 15) is 9.59 Å². The van der Waals surface area contributed by atoms with Crippen molar-refractivity contribution < 1.29 is 19.1 Å². The first-order chi connectivity index (χ1) is 14.4. The molecule has 1 N–H and O–H groups in total. The van der Waals surface area contributed by atoms with E-state index >= 15 is 0 Å². The molecule has 1 fully saturated rings. The summed E-state index contributed by atoms with van der Waals surface area (Å²) in [6, 6.07) is 11.9. The van der Waals surface area contributed by atoms with Gasteiger partial charge in [0.1, 0.15) is 5.57 Å². The predicted molar refractivity (Wildman–Crippen MR) is 121 cm³/mol. The van der Waals surface area contributed by atoms with Crippen LogP contribution in [-0.2, 0) is 9.59 Å². The van der Waals surface area contributed by atoms with E-state index in [4.69, 9.17) is 33.3 Å². The van der Waals surface area contributed by atoms with Gasteiger partial charge in [-0.3, -0.25) is 19.8 Å². The molecule has 0 atom stereocenters. The Morgan fingerprint density at radius 1 is 1.07 bits per heavy atom. The zero-order chi connectivity index (χ0) is 21.7. The van der Waals surface area contributed by atoms with Gasteiger partial charge < -0.3 is 9.47 Å². The Hall–Kier alpha value is -2.90. The van der Waals surface area contributed by atoms with Gasteiger partial charge in [0.2, 0.25) is 0 Å². The number of amides is 2. The third-order valence-corrected chi connectivity index (χ3v) is 4.76. The van der Waals surface area contributed by atoms with Crippen LogP contribution in [0.15, 0.2) is 48.0 Å². The lowest BCUT2D eigenvalue weighted by Crippen LogP contribution is -2.54. The molecule has 0 unspecified atom stereocenters. The molecule has 0 aliphatic carbocycles. The molecule has 3 rings (SSSR count). The molecule has 1 aliphatic rings. The number of hydrogen-bond donors (Lipinski definition) is 1. The van der Waals surface area contributed by atoms with Gasteiger partial charge in [0.15, 0.2) is 16.6 Å². The highest BCUT2D eigenvalue weighted by Gasteiger charge is 2.34. The van der Waals surface area contributed by atoms with Crippen molar-refractivity contribution >= 4 is 52.5 Å². The molecular weight excluding hydrogens is 424 g/mol. The van der Waals surface area contributed by atoms with E-state index in [1.54, 1.807) is 42.5 Å². The van der Waals surface area contributed by atoms with Crippen molar-refractivity contribution in [2.24, 2.45) is 0 Å². The fourth-order valence-corrected chi connectivity index (χ4v) is 3.27. The van der Waals surface area contributed by atoms with Crippen molar-refractivity contribution in [2.75, 3.05) is 18.1 Å². The van der Waals surface area contributed by atoms with Crippen LogP contribution >= 0.6 is 23.8 Å². The van der Waals surface area contributed by atoms with Crippen LogP contribution in [0.2, 0.25) is 5.02 Å². The van der Waals surface area contributed by atoms with Crippen LogP contribution in [0, 0.1) is 0 Å². The maximum Gasteiger partial charge on any atom is 0.270 e. The second-order valence-electron chi connectivity index (χ2n) is 6.42. The predicted octanol–water partition coefficient (Wildman–Crippen LogP) is 4.36. The molecule has 0 saturated carbocycles. The van der Waals surface area contributed by atoms with Gasteiger partial charge in [-0.15, -0.1) is 0 Å². The van der Waals surface area contributed by atoms with Gasteiger partial charge >= 0.3 is 0 Å². The molecule has 0 spiro atoms. The maximum atomic E-state index is 13.1. The van der Waals surface area contributed by atoms with Crippen LogP contribution in [0.3, 0.4) is 0 Å². The van der Waals surface area contributed by atoms with Gasteiger partial charge in [-0.05, 0) is 73.6 Å². The summed E-state index contributed by atoms with van der Waals surface area (Å²) < 4.78 is 11.3. The average molecular weight is 445 g/mol. The summed E-state index contributed by atoms with van der Waals surface area (Å²) >= 11 is 11.1. The first-order valence-corrected chi connectivity index (χ1v) is 10.3. The molecular formula is C22H21ClN2O4S. The number of anilines is 1. The van der Waals surface area contributed by atoms with Crippen LogP contribution in [0.1, 0.15) is 25.8 Å². The molecule has 2 amide bonds. The smallest absolute Gasteiger partial charge is 0.270 e. The van der Waals surface area contributed by atoms with E-state index in [0.717, 1.165) is 6.42 Å². The Morgan fingerprint density at radius 3 is 2.47 bits per heavy atom. The number of hydrogen-bond acceptors (Lipinski definition) is 5. The number of benzene rings is 2. The highest BCUT2D eigenvalue weighted by atomic mass is 35.5. The van der Waals surface area contributed by atoms with Crippen molar-refractivity contribution in [3.63, 3.8) is 0 Å². The number of thiocarbonyl (C=S) groups is 1. The van der Waals surface area contributed by atoms with Crippen molar-refractivity contribution in [1.29, 1.82) is 0 Å². The summed E-state index contributed by atoms with van der Waals surface area (Å²) in [5.74, 6) is 0.0908. The average Bonchev–Trinajstić information content (AvgIpc) is 2.72. The standard InChI is InChI=1S/C22H21ClN2O4S/c1-3-11-29-18-10-5-14(13-19(18)28-4-2)12-17-20(26)24-22(30)25(21(17)27)16-8-6-15(23)7-9-16/h5-10,12-13H,3-4,11H2,1-2H3,(H,24,26,30)/b17-12-. The van der Waals surface area contributed by atoms with Gasteiger partial charge in [0, 0.05) is 5.02 Å². The molecule has 0 aromatic heterocycles. The minimum atomic E-state index is -0.556. The molecule has 156 valence electrons. The highest BCUT2D eigenvalue weighted by Crippen LogP contribution is 2.30. The van der Waals surface area contributed by atoms with Gasteiger partial charge in [0.05, 0.1) is 18.9 Å². The van der Waals surface area contributed by atoms with Gasteiger partial charge in [-0.25, -0.2) is 0 Å². The third-order valence-electron chi connectivity index (χ3n) is 4.23. The molecule has 1 aliphatic heterocycles. The minimum absolute atomic E-state index is 0.0165. The van der Waals surface area contributed by atoms with Crippen LogP contribution in [0.4, 0.5) is 5.69 Å². The van der Waals surface area contributed by atoms with E-state index in [2.05, 4.69) is 5.32 Å². The summed E-state index contributed by atoms with van der Waals surface area (Å²) in [4.78, 5) is 26.8. The van der Waals surface area contributed by atoms with Crippen molar-refractivity contribution in [2.45, 2.75) is 20.3 Å². The number of ether oxygens (including phenoxy) is 2. The van der Waals surface area contributed by atoms with Gasteiger partial charge in [-0.2, -0.15) is 0 Å². The van der Waals surface area contributed by atoms with E-state index in [-0.39, 0.29) is 10.7 Å². The van der Waals surface area contributed by atoms with E-state index < -0.39 is 11.8 Å². The van der Waals surface area contributed by atoms with Gasteiger partial charge in [0.25, 0.3) is 11.8 Å². The van der Waals surface area contributed by atoms with Crippen molar-refractivity contribution in [3.05, 3.63) is 58.6 Å². The molecule has 30 heavy (non-hydrogen) atoms. The SMILES string of the molecule is CCCOc1ccc(/C=C2/C(=O)NC(=S)N(c3ccc(Cl)cc3)C2=O)cc1OCC. The Kier molecular flexibility index (Phi) is 7.07. The molecule has 0 bridgehead atoms. The van der Waals surface area contributed by atoms with E-state index in [0.29, 0.717) is 41.0 Å². The van der Waals surface area contributed by atoms with Crippen LogP contribution in [-0.4, -0.2) is 30.1 Å². The normalized spacial score (nSPS) is 15.4. The van der Waals surface area contributed by atoms with E-state index in [1.165, 1.54) is 11.0 Å². The minimum Gasteiger partial charge on any atom is -0.490 e. The molecule has 2 aromatic carbocycles.